The van der Waals surface area contributed by atoms with Crippen molar-refractivity contribution in [3.05, 3.63) is 30.1 Å². The maximum atomic E-state index is 12.9. The zero-order valence-electron chi connectivity index (χ0n) is 14.9. The zero-order valence-corrected chi connectivity index (χ0v) is 17.3. The Balaban J connectivity index is 0. The van der Waals surface area contributed by atoms with E-state index in [1.54, 1.807) is 12.1 Å². The molecule has 4 N–H and O–H groups in total. The molecule has 7 nitrogen and oxygen atoms in total. The van der Waals surface area contributed by atoms with E-state index < -0.39 is 0 Å². The van der Waals surface area contributed by atoms with Gasteiger partial charge in [-0.1, -0.05) is 0 Å². The van der Waals surface area contributed by atoms with Crippen LogP contribution in [0.1, 0.15) is 0 Å². The number of nitrogens with one attached hydrogen (secondary N) is 2. The van der Waals surface area contributed by atoms with Gasteiger partial charge >= 0.3 is 0 Å². The maximum Gasteiger partial charge on any atom is 0.239 e. The van der Waals surface area contributed by atoms with Gasteiger partial charge < -0.3 is 21.3 Å². The number of amides is 2. The summed E-state index contributed by atoms with van der Waals surface area (Å²) in [5.41, 5.74) is 6.17. The van der Waals surface area contributed by atoms with E-state index in [-0.39, 0.29) is 67.9 Å². The molecule has 2 amide bonds. The predicted octanol–water partition coefficient (Wildman–Crippen LogP) is 0.404. The summed E-state index contributed by atoms with van der Waals surface area (Å²) >= 11 is 0. The summed E-state index contributed by atoms with van der Waals surface area (Å²) in [5, 5.41) is 5.19. The molecule has 1 aliphatic rings. The highest BCUT2D eigenvalue weighted by Gasteiger charge is 2.17. The van der Waals surface area contributed by atoms with Crippen LogP contribution >= 0.6 is 37.2 Å². The third-order valence-electron chi connectivity index (χ3n) is 3.95. The number of halogens is 4. The molecule has 1 aromatic carbocycles. The summed E-state index contributed by atoms with van der Waals surface area (Å²) < 4.78 is 12.9. The first-order valence-electron chi connectivity index (χ1n) is 8.05. The van der Waals surface area contributed by atoms with Gasteiger partial charge in [-0.3, -0.25) is 14.5 Å². The number of piperazine rings is 1. The average Bonchev–Trinajstić information content (AvgIpc) is 2.61. The lowest BCUT2D eigenvalue weighted by Gasteiger charge is -2.36. The van der Waals surface area contributed by atoms with Gasteiger partial charge in [0.05, 0.1) is 13.1 Å². The summed E-state index contributed by atoms with van der Waals surface area (Å²) in [6, 6.07) is 6.53. The highest BCUT2D eigenvalue weighted by Crippen LogP contribution is 2.16. The molecule has 0 saturated carbocycles. The summed E-state index contributed by atoms with van der Waals surface area (Å²) in [5.74, 6) is -0.792. The fourth-order valence-corrected chi connectivity index (χ4v) is 2.55. The molecule has 1 fully saturated rings. The fourth-order valence-electron chi connectivity index (χ4n) is 2.55. The molecule has 1 aliphatic heterocycles. The largest absolute Gasteiger partial charge is 0.369 e. The third kappa shape index (κ3) is 9.97. The molecule has 0 aromatic heterocycles. The number of nitrogens with zero attached hydrogens (tertiary/aromatic N) is 2. The number of carbonyl (C=O) groups is 2. The number of hydrogen-bond acceptors (Lipinski definition) is 5. The van der Waals surface area contributed by atoms with Crippen LogP contribution < -0.4 is 21.3 Å². The van der Waals surface area contributed by atoms with E-state index in [9.17, 15) is 14.0 Å². The van der Waals surface area contributed by atoms with Gasteiger partial charge in [0.25, 0.3) is 0 Å². The van der Waals surface area contributed by atoms with E-state index in [0.717, 1.165) is 38.4 Å². The monoisotopic (exact) mass is 445 g/mol. The van der Waals surface area contributed by atoms with Gasteiger partial charge in [-0.05, 0) is 24.3 Å². The molecule has 1 saturated heterocycles. The Labute approximate surface area is 177 Å². The second-order valence-electron chi connectivity index (χ2n) is 5.64. The Kier molecular flexibility index (Phi) is 15.2. The number of rotatable bonds is 7. The highest BCUT2D eigenvalue weighted by molar-refractivity contribution is 5.86. The maximum absolute atomic E-state index is 12.9. The molecule has 1 aromatic rings. The van der Waals surface area contributed by atoms with Crippen molar-refractivity contribution in [2.75, 3.05) is 57.3 Å². The molecule has 0 spiro atoms. The van der Waals surface area contributed by atoms with Gasteiger partial charge in [0.1, 0.15) is 5.82 Å². The van der Waals surface area contributed by atoms with E-state index >= 15 is 0 Å². The smallest absolute Gasteiger partial charge is 0.239 e. The third-order valence-corrected chi connectivity index (χ3v) is 3.95. The number of anilines is 1. The lowest BCUT2D eigenvalue weighted by Crippen LogP contribution is -2.49. The molecule has 0 radical (unpaired) electrons. The van der Waals surface area contributed by atoms with Gasteiger partial charge in [-0.15, -0.1) is 37.2 Å². The quantitative estimate of drug-likeness (QED) is 0.564. The molecule has 0 unspecified atom stereocenters. The Morgan fingerprint density at radius 2 is 1.56 bits per heavy atom. The number of hydrogen-bond donors (Lipinski definition) is 3. The molecular formula is C16H27Cl3FN5O2. The van der Waals surface area contributed by atoms with E-state index in [4.69, 9.17) is 5.73 Å². The first kappa shape index (κ1) is 27.9. The lowest BCUT2D eigenvalue weighted by molar-refractivity contribution is -0.125. The molecule has 27 heavy (non-hydrogen) atoms. The second kappa shape index (κ2) is 14.7. The standard InChI is InChI=1S/C16H24FN5O2.3ClH/c17-13-1-3-14(4-2-13)22-9-7-21(8-10-22)6-5-19-16(24)12-20-15(23)11-18;;;/h1-4H,5-12,18H2,(H,19,24)(H,20,23);3*1H. The van der Waals surface area contributed by atoms with Gasteiger partial charge in [0.2, 0.25) is 11.8 Å². The number of carbonyl (C=O) groups excluding carboxylic acids is 2. The van der Waals surface area contributed by atoms with E-state index in [1.165, 1.54) is 12.1 Å². The molecular weight excluding hydrogens is 420 g/mol. The van der Waals surface area contributed by atoms with Crippen LogP contribution in [0.15, 0.2) is 24.3 Å². The molecule has 0 bridgehead atoms. The SMILES string of the molecule is Cl.Cl.Cl.NCC(=O)NCC(=O)NCCN1CCN(c2ccc(F)cc2)CC1. The summed E-state index contributed by atoms with van der Waals surface area (Å²) in [4.78, 5) is 27.0. The van der Waals surface area contributed by atoms with E-state index in [2.05, 4.69) is 20.4 Å². The van der Waals surface area contributed by atoms with Gasteiger partial charge in [-0.25, -0.2) is 4.39 Å². The first-order chi connectivity index (χ1) is 11.6. The Bertz CT molecular complexity index is 557. The van der Waals surface area contributed by atoms with Crippen molar-refractivity contribution < 1.29 is 14.0 Å². The van der Waals surface area contributed by atoms with Gasteiger partial charge in [-0.2, -0.15) is 0 Å². The molecule has 0 atom stereocenters. The van der Waals surface area contributed by atoms with E-state index in [1.807, 2.05) is 0 Å². The van der Waals surface area contributed by atoms with Crippen molar-refractivity contribution in [1.82, 2.24) is 15.5 Å². The average molecular weight is 447 g/mol. The topological polar surface area (TPSA) is 90.7 Å². The summed E-state index contributed by atoms with van der Waals surface area (Å²) in [6.07, 6.45) is 0. The fraction of sp³-hybridized carbons (Fsp3) is 0.500. The van der Waals surface area contributed by atoms with Crippen LogP contribution in [0.5, 0.6) is 0 Å². The zero-order chi connectivity index (χ0) is 17.4. The molecule has 1 heterocycles. The van der Waals surface area contributed by atoms with Crippen LogP contribution in [0.3, 0.4) is 0 Å². The Morgan fingerprint density at radius 3 is 2.11 bits per heavy atom. The van der Waals surface area contributed by atoms with E-state index in [0.29, 0.717) is 6.54 Å². The normalized spacial score (nSPS) is 13.5. The van der Waals surface area contributed by atoms with Crippen LogP contribution in [0.2, 0.25) is 0 Å². The van der Waals surface area contributed by atoms with Crippen molar-refractivity contribution in [3.63, 3.8) is 0 Å². The number of nitrogens with two attached hydrogens (primary N) is 1. The summed E-state index contributed by atoms with van der Waals surface area (Å²) in [7, 11) is 0. The van der Waals surface area contributed by atoms with Crippen molar-refractivity contribution in [2.24, 2.45) is 5.73 Å². The minimum Gasteiger partial charge on any atom is -0.369 e. The molecule has 2 rings (SSSR count). The Hall–Kier alpha value is -1.32. The van der Waals surface area contributed by atoms with Crippen LogP contribution in [0.25, 0.3) is 0 Å². The molecule has 156 valence electrons. The van der Waals surface area contributed by atoms with Crippen molar-refractivity contribution in [2.45, 2.75) is 0 Å². The predicted molar refractivity (Wildman–Crippen MR) is 112 cm³/mol. The molecule has 0 aliphatic carbocycles. The molecule has 11 heteroatoms. The highest BCUT2D eigenvalue weighted by atomic mass is 35.5. The summed E-state index contributed by atoms with van der Waals surface area (Å²) in [6.45, 7) is 4.63. The van der Waals surface area contributed by atoms with Crippen molar-refractivity contribution >= 4 is 54.7 Å². The van der Waals surface area contributed by atoms with Crippen LogP contribution in [0.4, 0.5) is 10.1 Å². The number of benzene rings is 1. The van der Waals surface area contributed by atoms with Gasteiger partial charge in [0, 0.05) is 45.0 Å². The van der Waals surface area contributed by atoms with Crippen molar-refractivity contribution in [1.29, 1.82) is 0 Å². The lowest BCUT2D eigenvalue weighted by atomic mass is 10.2. The second-order valence-corrected chi connectivity index (χ2v) is 5.64. The van der Waals surface area contributed by atoms with Crippen LogP contribution in [0, 0.1) is 5.82 Å². The minimum atomic E-state index is -0.345. The first-order valence-corrected chi connectivity index (χ1v) is 8.05. The van der Waals surface area contributed by atoms with Crippen molar-refractivity contribution in [3.8, 4) is 0 Å². The van der Waals surface area contributed by atoms with Crippen LogP contribution in [-0.4, -0.2) is 69.1 Å². The van der Waals surface area contributed by atoms with Gasteiger partial charge in [0.15, 0.2) is 0 Å². The minimum absolute atomic E-state index is 0. The Morgan fingerprint density at radius 1 is 0.963 bits per heavy atom. The van der Waals surface area contributed by atoms with Crippen LogP contribution in [-0.2, 0) is 9.59 Å².